The number of benzene rings is 1. The van der Waals surface area contributed by atoms with Gasteiger partial charge in [0.15, 0.2) is 5.96 Å². The molecule has 0 spiro atoms. The maximum atomic E-state index is 4.56. The summed E-state index contributed by atoms with van der Waals surface area (Å²) in [5, 5.41) is 7.94. The second-order valence-corrected chi connectivity index (χ2v) is 7.78. The van der Waals surface area contributed by atoms with Crippen LogP contribution in [0.5, 0.6) is 0 Å². The summed E-state index contributed by atoms with van der Waals surface area (Å²) in [4.78, 5) is 12.6. The molecule has 3 rings (SSSR count). The van der Waals surface area contributed by atoms with E-state index < -0.39 is 0 Å². The summed E-state index contributed by atoms with van der Waals surface area (Å²) in [5.74, 6) is 1.49. The molecule has 1 fully saturated rings. The maximum absolute atomic E-state index is 4.56. The zero-order valence-electron chi connectivity index (χ0n) is 15.2. The molecule has 0 aliphatic carbocycles. The molecule has 1 atom stereocenters. The second kappa shape index (κ2) is 8.34. The standard InChI is InChI=1S/C19H27N5S/c1-14-15(2)25-18(23-14)12-22-19(20-3)21-11-16-9-10-24(13-16)17-7-5-4-6-8-17/h4-8,16H,9-13H2,1-3H3,(H2,20,21,22). The number of nitrogens with one attached hydrogen (secondary N) is 2. The number of anilines is 1. The molecule has 1 saturated heterocycles. The Balaban J connectivity index is 1.44. The average Bonchev–Trinajstić information content (AvgIpc) is 3.23. The molecule has 5 nitrogen and oxygen atoms in total. The maximum Gasteiger partial charge on any atom is 0.191 e. The summed E-state index contributed by atoms with van der Waals surface area (Å²) in [6.07, 6.45) is 1.21. The fourth-order valence-electron chi connectivity index (χ4n) is 3.11. The minimum Gasteiger partial charge on any atom is -0.371 e. The molecule has 2 aromatic rings. The summed E-state index contributed by atoms with van der Waals surface area (Å²) < 4.78 is 0. The SMILES string of the molecule is CN=C(NCc1nc(C)c(C)s1)NCC1CCN(c2ccccc2)C1. The zero-order valence-corrected chi connectivity index (χ0v) is 16.1. The summed E-state index contributed by atoms with van der Waals surface area (Å²) in [5.41, 5.74) is 2.44. The molecule has 25 heavy (non-hydrogen) atoms. The van der Waals surface area contributed by atoms with Crippen molar-refractivity contribution in [2.75, 3.05) is 31.6 Å². The first-order valence-corrected chi connectivity index (χ1v) is 9.64. The van der Waals surface area contributed by atoms with Gasteiger partial charge in [0.2, 0.25) is 0 Å². The third-order valence-corrected chi connectivity index (χ3v) is 5.74. The zero-order chi connectivity index (χ0) is 17.6. The molecule has 0 amide bonds. The van der Waals surface area contributed by atoms with Crippen molar-refractivity contribution >= 4 is 23.0 Å². The second-order valence-electron chi connectivity index (χ2n) is 6.49. The number of hydrogen-bond donors (Lipinski definition) is 2. The Bertz CT molecular complexity index is 690. The number of guanidine groups is 1. The fourth-order valence-corrected chi connectivity index (χ4v) is 3.98. The predicted octanol–water partition coefficient (Wildman–Crippen LogP) is 2.95. The third-order valence-electron chi connectivity index (χ3n) is 4.67. The van der Waals surface area contributed by atoms with E-state index in [0.717, 1.165) is 42.8 Å². The van der Waals surface area contributed by atoms with Gasteiger partial charge in [0, 0.05) is 37.2 Å². The summed E-state index contributed by atoms with van der Waals surface area (Å²) in [6, 6.07) is 10.7. The topological polar surface area (TPSA) is 52.6 Å². The number of nitrogens with zero attached hydrogens (tertiary/aromatic N) is 3. The minimum absolute atomic E-state index is 0.642. The largest absolute Gasteiger partial charge is 0.371 e. The van der Waals surface area contributed by atoms with Crippen LogP contribution in [0.25, 0.3) is 0 Å². The monoisotopic (exact) mass is 357 g/mol. The van der Waals surface area contributed by atoms with Crippen molar-refractivity contribution in [3.63, 3.8) is 0 Å². The number of hydrogen-bond acceptors (Lipinski definition) is 4. The number of rotatable bonds is 5. The first-order valence-electron chi connectivity index (χ1n) is 8.83. The van der Waals surface area contributed by atoms with Crippen LogP contribution in [0.1, 0.15) is 22.0 Å². The molecule has 1 aromatic carbocycles. The van der Waals surface area contributed by atoms with E-state index in [2.05, 4.69) is 69.7 Å². The van der Waals surface area contributed by atoms with Crippen molar-refractivity contribution in [2.45, 2.75) is 26.8 Å². The van der Waals surface area contributed by atoms with Crippen LogP contribution < -0.4 is 15.5 Å². The lowest BCUT2D eigenvalue weighted by molar-refractivity contribution is 0.565. The summed E-state index contributed by atoms with van der Waals surface area (Å²) in [6.45, 7) is 8.06. The van der Waals surface area contributed by atoms with E-state index >= 15 is 0 Å². The van der Waals surface area contributed by atoms with Gasteiger partial charge in [-0.3, -0.25) is 4.99 Å². The van der Waals surface area contributed by atoms with E-state index in [0.29, 0.717) is 5.92 Å². The van der Waals surface area contributed by atoms with Crippen molar-refractivity contribution in [3.05, 3.63) is 45.9 Å². The normalized spacial score (nSPS) is 17.8. The van der Waals surface area contributed by atoms with Crippen LogP contribution in [0.2, 0.25) is 0 Å². The van der Waals surface area contributed by atoms with Gasteiger partial charge in [0.1, 0.15) is 5.01 Å². The van der Waals surface area contributed by atoms with Crippen LogP contribution in [-0.2, 0) is 6.54 Å². The molecule has 6 heteroatoms. The van der Waals surface area contributed by atoms with Gasteiger partial charge >= 0.3 is 0 Å². The quantitative estimate of drug-likeness (QED) is 0.638. The van der Waals surface area contributed by atoms with E-state index in [9.17, 15) is 0 Å². The molecule has 1 aliphatic heterocycles. The molecular weight excluding hydrogens is 330 g/mol. The van der Waals surface area contributed by atoms with Crippen molar-refractivity contribution in [1.29, 1.82) is 0 Å². The van der Waals surface area contributed by atoms with Crippen molar-refractivity contribution in [1.82, 2.24) is 15.6 Å². The highest BCUT2D eigenvalue weighted by molar-refractivity contribution is 7.11. The van der Waals surface area contributed by atoms with Crippen molar-refractivity contribution in [3.8, 4) is 0 Å². The number of aromatic nitrogens is 1. The molecule has 1 aliphatic rings. The molecular formula is C19H27N5S. The molecule has 1 aromatic heterocycles. The van der Waals surface area contributed by atoms with Crippen LogP contribution in [0, 0.1) is 19.8 Å². The molecule has 2 heterocycles. The first-order chi connectivity index (χ1) is 12.2. The van der Waals surface area contributed by atoms with Gasteiger partial charge in [-0.2, -0.15) is 0 Å². The van der Waals surface area contributed by atoms with Gasteiger partial charge in [-0.25, -0.2) is 4.98 Å². The Labute approximate surface area is 154 Å². The Morgan fingerprint density at radius 1 is 1.28 bits per heavy atom. The van der Waals surface area contributed by atoms with E-state index in [4.69, 9.17) is 0 Å². The Morgan fingerprint density at radius 2 is 2.08 bits per heavy atom. The highest BCUT2D eigenvalue weighted by Crippen LogP contribution is 2.23. The first kappa shape index (κ1) is 17.7. The third kappa shape index (κ3) is 4.72. The van der Waals surface area contributed by atoms with Crippen LogP contribution in [0.3, 0.4) is 0 Å². The van der Waals surface area contributed by atoms with E-state index in [-0.39, 0.29) is 0 Å². The van der Waals surface area contributed by atoms with Gasteiger partial charge in [-0.15, -0.1) is 11.3 Å². The number of para-hydroxylation sites is 1. The summed E-state index contributed by atoms with van der Waals surface area (Å²) in [7, 11) is 1.82. The lowest BCUT2D eigenvalue weighted by atomic mass is 10.1. The van der Waals surface area contributed by atoms with Crippen molar-refractivity contribution in [2.24, 2.45) is 10.9 Å². The highest BCUT2D eigenvalue weighted by Gasteiger charge is 2.22. The Kier molecular flexibility index (Phi) is 5.91. The molecule has 0 bridgehead atoms. The van der Waals surface area contributed by atoms with Gasteiger partial charge in [-0.1, -0.05) is 18.2 Å². The molecule has 0 saturated carbocycles. The van der Waals surface area contributed by atoms with Crippen LogP contribution in [-0.4, -0.2) is 37.6 Å². The number of aliphatic imine (C=N–C) groups is 1. The van der Waals surface area contributed by atoms with Gasteiger partial charge in [-0.05, 0) is 38.3 Å². The Hall–Kier alpha value is -2.08. The van der Waals surface area contributed by atoms with Crippen LogP contribution >= 0.6 is 11.3 Å². The van der Waals surface area contributed by atoms with Crippen molar-refractivity contribution < 1.29 is 0 Å². The van der Waals surface area contributed by atoms with Gasteiger partial charge in [0.25, 0.3) is 0 Å². The minimum atomic E-state index is 0.642. The molecule has 134 valence electrons. The van der Waals surface area contributed by atoms with E-state index in [1.54, 1.807) is 11.3 Å². The van der Waals surface area contributed by atoms with E-state index in [1.165, 1.54) is 17.0 Å². The van der Waals surface area contributed by atoms with E-state index in [1.807, 2.05) is 7.05 Å². The number of aryl methyl sites for hydroxylation is 2. The lowest BCUT2D eigenvalue weighted by Crippen LogP contribution is -2.39. The summed E-state index contributed by atoms with van der Waals surface area (Å²) >= 11 is 1.75. The van der Waals surface area contributed by atoms with Gasteiger partial charge < -0.3 is 15.5 Å². The Morgan fingerprint density at radius 3 is 2.76 bits per heavy atom. The van der Waals surface area contributed by atoms with Crippen LogP contribution in [0.15, 0.2) is 35.3 Å². The number of thiazole rings is 1. The predicted molar refractivity (Wildman–Crippen MR) is 107 cm³/mol. The molecule has 1 unspecified atom stereocenters. The molecule has 0 radical (unpaired) electrons. The highest BCUT2D eigenvalue weighted by atomic mass is 32.1. The van der Waals surface area contributed by atoms with Crippen LogP contribution in [0.4, 0.5) is 5.69 Å². The fraction of sp³-hybridized carbons (Fsp3) is 0.474. The molecule has 2 N–H and O–H groups in total. The lowest BCUT2D eigenvalue weighted by Gasteiger charge is -2.19. The average molecular weight is 358 g/mol. The smallest absolute Gasteiger partial charge is 0.191 e. The van der Waals surface area contributed by atoms with Gasteiger partial charge in [0.05, 0.1) is 12.2 Å².